The molecule has 0 bridgehead atoms. The first kappa shape index (κ1) is 19.6. The minimum Gasteiger partial charge on any atom is -0.356 e. The molecule has 2 unspecified atom stereocenters. The van der Waals surface area contributed by atoms with E-state index in [1.54, 1.807) is 7.05 Å². The lowest BCUT2D eigenvalue weighted by molar-refractivity contribution is 0.553. The van der Waals surface area contributed by atoms with E-state index in [1.165, 1.54) is 23.8 Å². The fourth-order valence-electron chi connectivity index (χ4n) is 2.88. The minimum absolute atomic E-state index is 0. The lowest BCUT2D eigenvalue weighted by atomic mass is 10.1. The Morgan fingerprint density at radius 1 is 1.08 bits per heavy atom. The zero-order valence-electron chi connectivity index (χ0n) is 14.0. The van der Waals surface area contributed by atoms with E-state index in [0.29, 0.717) is 12.4 Å². The monoisotopic (exact) mass is 457 g/mol. The Balaban J connectivity index is 0.00000225. The van der Waals surface area contributed by atoms with E-state index in [1.807, 2.05) is 18.2 Å². The summed E-state index contributed by atoms with van der Waals surface area (Å²) in [6, 6.07) is 14.2. The molecule has 0 spiro atoms. The van der Waals surface area contributed by atoms with Gasteiger partial charge in [-0.3, -0.25) is 4.99 Å². The van der Waals surface area contributed by atoms with Crippen LogP contribution in [-0.2, 0) is 6.42 Å². The van der Waals surface area contributed by atoms with E-state index >= 15 is 0 Å². The normalized spacial score (nSPS) is 19.1. The van der Waals surface area contributed by atoms with Crippen LogP contribution in [0.3, 0.4) is 0 Å². The number of benzene rings is 2. The van der Waals surface area contributed by atoms with Crippen LogP contribution in [0.2, 0.25) is 0 Å². The summed E-state index contributed by atoms with van der Waals surface area (Å²) in [4.78, 5) is 4.18. The van der Waals surface area contributed by atoms with Crippen LogP contribution < -0.4 is 10.6 Å². The highest BCUT2D eigenvalue weighted by Crippen LogP contribution is 2.42. The first-order valence-electron chi connectivity index (χ1n) is 8.14. The molecule has 1 saturated carbocycles. The fourth-order valence-corrected chi connectivity index (χ4v) is 2.88. The highest BCUT2D eigenvalue weighted by atomic mass is 127. The van der Waals surface area contributed by atoms with Gasteiger partial charge in [0.1, 0.15) is 11.6 Å². The van der Waals surface area contributed by atoms with Crippen molar-refractivity contribution in [1.82, 2.24) is 10.6 Å². The molecule has 25 heavy (non-hydrogen) atoms. The highest BCUT2D eigenvalue weighted by molar-refractivity contribution is 14.0. The third kappa shape index (κ3) is 5.14. The number of aliphatic imine (C=N–C) groups is 1. The van der Waals surface area contributed by atoms with Gasteiger partial charge in [0.15, 0.2) is 5.96 Å². The average Bonchev–Trinajstić information content (AvgIpc) is 3.33. The molecule has 3 rings (SSSR count). The van der Waals surface area contributed by atoms with E-state index in [2.05, 4.69) is 27.8 Å². The maximum absolute atomic E-state index is 13.8. The Morgan fingerprint density at radius 2 is 1.76 bits per heavy atom. The van der Waals surface area contributed by atoms with Gasteiger partial charge in [0.2, 0.25) is 0 Å². The van der Waals surface area contributed by atoms with Crippen LogP contribution in [0.4, 0.5) is 8.78 Å². The van der Waals surface area contributed by atoms with Crippen molar-refractivity contribution in [3.05, 3.63) is 71.3 Å². The summed E-state index contributed by atoms with van der Waals surface area (Å²) in [5, 5.41) is 6.48. The van der Waals surface area contributed by atoms with E-state index in [-0.39, 0.29) is 41.5 Å². The second kappa shape index (κ2) is 9.12. The number of guanidine groups is 1. The molecule has 0 aromatic heterocycles. The molecule has 1 aliphatic rings. The van der Waals surface area contributed by atoms with E-state index in [0.717, 1.165) is 13.0 Å². The number of rotatable bonds is 5. The second-order valence-electron chi connectivity index (χ2n) is 5.96. The summed E-state index contributed by atoms with van der Waals surface area (Å²) in [7, 11) is 1.69. The van der Waals surface area contributed by atoms with Crippen molar-refractivity contribution in [3.63, 3.8) is 0 Å². The molecule has 0 radical (unpaired) electrons. The van der Waals surface area contributed by atoms with Gasteiger partial charge in [-0.15, -0.1) is 24.0 Å². The van der Waals surface area contributed by atoms with Gasteiger partial charge in [0.05, 0.1) is 0 Å². The first-order valence-corrected chi connectivity index (χ1v) is 8.14. The van der Waals surface area contributed by atoms with Gasteiger partial charge in [-0.05, 0) is 30.5 Å². The molecule has 2 atom stereocenters. The third-order valence-corrected chi connectivity index (χ3v) is 4.26. The Morgan fingerprint density at radius 3 is 2.40 bits per heavy atom. The molecule has 0 aliphatic heterocycles. The van der Waals surface area contributed by atoms with Gasteiger partial charge in [-0.1, -0.05) is 36.4 Å². The lowest BCUT2D eigenvalue weighted by Gasteiger charge is -2.12. The summed E-state index contributed by atoms with van der Waals surface area (Å²) in [5.41, 5.74) is 1.42. The van der Waals surface area contributed by atoms with Crippen molar-refractivity contribution in [2.24, 2.45) is 4.99 Å². The van der Waals surface area contributed by atoms with Crippen LogP contribution in [0.15, 0.2) is 53.5 Å². The maximum Gasteiger partial charge on any atom is 0.191 e. The van der Waals surface area contributed by atoms with Gasteiger partial charge >= 0.3 is 0 Å². The Labute approximate surface area is 164 Å². The van der Waals surface area contributed by atoms with Crippen LogP contribution in [0.1, 0.15) is 23.5 Å². The number of nitrogens with zero attached hydrogens (tertiary/aromatic N) is 1. The highest BCUT2D eigenvalue weighted by Gasteiger charge is 2.42. The zero-order chi connectivity index (χ0) is 16.9. The minimum atomic E-state index is -0.476. The smallest absolute Gasteiger partial charge is 0.191 e. The van der Waals surface area contributed by atoms with E-state index < -0.39 is 11.6 Å². The molecule has 2 aromatic rings. The molecule has 134 valence electrons. The van der Waals surface area contributed by atoms with Crippen LogP contribution in [0.5, 0.6) is 0 Å². The fraction of sp³-hybridized carbons (Fsp3) is 0.316. The first-order chi connectivity index (χ1) is 11.7. The Kier molecular flexibility index (Phi) is 7.16. The van der Waals surface area contributed by atoms with Crippen molar-refractivity contribution in [3.8, 4) is 0 Å². The quantitative estimate of drug-likeness (QED) is 0.407. The molecule has 6 heteroatoms. The molecule has 1 aliphatic carbocycles. The molecule has 0 saturated heterocycles. The predicted molar refractivity (Wildman–Crippen MR) is 108 cm³/mol. The number of hydrogen-bond donors (Lipinski definition) is 2. The van der Waals surface area contributed by atoms with Crippen LogP contribution in [0, 0.1) is 11.6 Å². The van der Waals surface area contributed by atoms with Gasteiger partial charge in [-0.2, -0.15) is 0 Å². The topological polar surface area (TPSA) is 36.4 Å². The maximum atomic E-state index is 13.8. The average molecular weight is 457 g/mol. The number of hydrogen-bond acceptors (Lipinski definition) is 1. The third-order valence-electron chi connectivity index (χ3n) is 4.26. The SMILES string of the molecule is CN=C(NCCc1ccccc1)NC1CC1c1c(F)cccc1F.I. The summed E-state index contributed by atoms with van der Waals surface area (Å²) in [6.45, 7) is 0.745. The number of nitrogens with one attached hydrogen (secondary N) is 2. The number of halogens is 3. The Hall–Kier alpha value is -1.70. The molecule has 1 fully saturated rings. The van der Waals surface area contributed by atoms with Crippen molar-refractivity contribution >= 4 is 29.9 Å². The zero-order valence-corrected chi connectivity index (χ0v) is 16.3. The predicted octanol–water partition coefficient (Wildman–Crippen LogP) is 3.85. The van der Waals surface area contributed by atoms with Gasteiger partial charge < -0.3 is 10.6 Å². The molecule has 2 aromatic carbocycles. The van der Waals surface area contributed by atoms with Crippen molar-refractivity contribution in [1.29, 1.82) is 0 Å². The van der Waals surface area contributed by atoms with Crippen molar-refractivity contribution in [2.45, 2.75) is 24.8 Å². The molecule has 0 amide bonds. The molecular weight excluding hydrogens is 435 g/mol. The molecule has 0 heterocycles. The van der Waals surface area contributed by atoms with Gasteiger partial charge in [0, 0.05) is 31.1 Å². The van der Waals surface area contributed by atoms with Crippen LogP contribution >= 0.6 is 24.0 Å². The van der Waals surface area contributed by atoms with E-state index in [9.17, 15) is 8.78 Å². The molecule has 3 nitrogen and oxygen atoms in total. The van der Waals surface area contributed by atoms with Crippen LogP contribution in [0.25, 0.3) is 0 Å². The van der Waals surface area contributed by atoms with Crippen molar-refractivity contribution < 1.29 is 8.78 Å². The van der Waals surface area contributed by atoms with Crippen molar-refractivity contribution in [2.75, 3.05) is 13.6 Å². The largest absolute Gasteiger partial charge is 0.356 e. The molecule has 2 N–H and O–H groups in total. The summed E-state index contributed by atoms with van der Waals surface area (Å²) in [5.74, 6) is -0.429. The summed E-state index contributed by atoms with van der Waals surface area (Å²) in [6.07, 6.45) is 1.59. The van der Waals surface area contributed by atoms with Crippen LogP contribution in [-0.4, -0.2) is 25.6 Å². The summed E-state index contributed by atoms with van der Waals surface area (Å²) < 4.78 is 27.6. The molecular formula is C19H22F2IN3. The standard InChI is InChI=1S/C19H21F2N3.HI/c1-22-19(23-11-10-13-6-3-2-4-7-13)24-17-12-14(17)18-15(20)8-5-9-16(18)21;/h2-9,14,17H,10-12H2,1H3,(H2,22,23,24);1H. The van der Waals surface area contributed by atoms with Gasteiger partial charge in [-0.25, -0.2) is 8.78 Å². The van der Waals surface area contributed by atoms with Gasteiger partial charge in [0.25, 0.3) is 0 Å². The summed E-state index contributed by atoms with van der Waals surface area (Å²) >= 11 is 0. The Bertz CT molecular complexity index is 702. The second-order valence-corrected chi connectivity index (χ2v) is 5.96. The lowest BCUT2D eigenvalue weighted by Crippen LogP contribution is -2.40. The van der Waals surface area contributed by atoms with E-state index in [4.69, 9.17) is 0 Å².